The molecule has 2 aromatic carbocycles. The van der Waals surface area contributed by atoms with Gasteiger partial charge in [-0.3, -0.25) is 0 Å². The first kappa shape index (κ1) is 23.8. The van der Waals surface area contributed by atoms with Crippen molar-refractivity contribution in [2.75, 3.05) is 32.1 Å². The van der Waals surface area contributed by atoms with Gasteiger partial charge in [-0.1, -0.05) is 12.1 Å². The lowest BCUT2D eigenvalue weighted by molar-refractivity contribution is -0.139. The van der Waals surface area contributed by atoms with Crippen molar-refractivity contribution in [2.24, 2.45) is 0 Å². The Morgan fingerprint density at radius 2 is 1.92 bits per heavy atom. The van der Waals surface area contributed by atoms with Crippen LogP contribution in [0.4, 0.5) is 10.1 Å². The number of hydrogen-bond donors (Lipinski definition) is 3. The standard InChI is InChI=1S/C28H29FN4O3/c1-33-12-9-19(10-13-33)26-15-24-22(8-11-30-28(24)32-26)23-14-20(4-7-25(23)29)31-16-18-2-5-21(6-3-18)36-17-27(34)35/h2-8,11,14-15,19,31H,9-10,12-13,16-17H2,1H3,(H,30,32)(H,34,35). The molecule has 1 fully saturated rings. The number of halogens is 1. The summed E-state index contributed by atoms with van der Waals surface area (Å²) < 4.78 is 20.2. The number of aromatic nitrogens is 2. The highest BCUT2D eigenvalue weighted by Crippen LogP contribution is 2.35. The monoisotopic (exact) mass is 488 g/mol. The normalized spacial score (nSPS) is 14.7. The maximum Gasteiger partial charge on any atom is 0.341 e. The molecule has 3 heterocycles. The fraction of sp³-hybridized carbons (Fsp3) is 0.286. The molecule has 0 radical (unpaired) electrons. The minimum Gasteiger partial charge on any atom is -0.482 e. The number of rotatable bonds is 8. The van der Waals surface area contributed by atoms with Crippen LogP contribution in [0.25, 0.3) is 22.2 Å². The van der Waals surface area contributed by atoms with Crippen molar-refractivity contribution in [2.45, 2.75) is 25.3 Å². The second-order valence-corrected chi connectivity index (χ2v) is 9.30. The third kappa shape index (κ3) is 5.33. The third-order valence-electron chi connectivity index (χ3n) is 6.75. The van der Waals surface area contributed by atoms with Gasteiger partial charge >= 0.3 is 5.97 Å². The number of aliphatic carboxylic acids is 1. The molecule has 0 unspecified atom stereocenters. The van der Waals surface area contributed by atoms with Gasteiger partial charge in [-0.25, -0.2) is 14.2 Å². The van der Waals surface area contributed by atoms with Gasteiger partial charge in [0.05, 0.1) is 0 Å². The smallest absolute Gasteiger partial charge is 0.341 e. The second-order valence-electron chi connectivity index (χ2n) is 9.30. The topological polar surface area (TPSA) is 90.5 Å². The number of nitrogens with one attached hydrogen (secondary N) is 2. The van der Waals surface area contributed by atoms with Crippen LogP contribution in [0.15, 0.2) is 60.8 Å². The van der Waals surface area contributed by atoms with Crippen molar-refractivity contribution in [3.63, 3.8) is 0 Å². The number of benzene rings is 2. The molecule has 5 rings (SSSR count). The minimum atomic E-state index is -1.02. The maximum absolute atomic E-state index is 15.0. The molecular weight excluding hydrogens is 459 g/mol. The van der Waals surface area contributed by atoms with Gasteiger partial charge in [-0.05, 0) is 86.6 Å². The summed E-state index contributed by atoms with van der Waals surface area (Å²) in [5.74, 6) is -0.341. The summed E-state index contributed by atoms with van der Waals surface area (Å²) in [6.07, 6.45) is 3.91. The fourth-order valence-corrected chi connectivity index (χ4v) is 4.72. The number of ether oxygens (including phenoxy) is 1. The Balaban J connectivity index is 1.34. The van der Waals surface area contributed by atoms with Crippen LogP contribution in [-0.4, -0.2) is 52.7 Å². The van der Waals surface area contributed by atoms with Crippen LogP contribution in [0.3, 0.4) is 0 Å². The second kappa shape index (κ2) is 10.4. The van der Waals surface area contributed by atoms with Crippen LogP contribution in [0.1, 0.15) is 30.0 Å². The lowest BCUT2D eigenvalue weighted by Crippen LogP contribution is -2.29. The Bertz CT molecular complexity index is 1360. The molecule has 0 aliphatic carbocycles. The van der Waals surface area contributed by atoms with E-state index in [0.29, 0.717) is 23.8 Å². The van der Waals surface area contributed by atoms with E-state index in [4.69, 9.17) is 9.84 Å². The molecule has 0 saturated carbocycles. The Kier molecular flexibility index (Phi) is 6.86. The van der Waals surface area contributed by atoms with Crippen molar-refractivity contribution in [3.05, 3.63) is 77.9 Å². The van der Waals surface area contributed by atoms with Crippen LogP contribution >= 0.6 is 0 Å². The highest BCUT2D eigenvalue weighted by atomic mass is 19.1. The van der Waals surface area contributed by atoms with Gasteiger partial charge in [-0.15, -0.1) is 0 Å². The molecule has 4 aromatic rings. The number of H-pyrrole nitrogens is 1. The zero-order valence-electron chi connectivity index (χ0n) is 20.1. The first-order valence-electron chi connectivity index (χ1n) is 12.1. The van der Waals surface area contributed by atoms with E-state index in [1.165, 1.54) is 11.8 Å². The Morgan fingerprint density at radius 1 is 1.14 bits per heavy atom. The van der Waals surface area contributed by atoms with Crippen LogP contribution in [-0.2, 0) is 11.3 Å². The SMILES string of the molecule is CN1CCC(c2cc3c(-c4cc(NCc5ccc(OCC(=O)O)cc5)ccc4F)ccnc3[nH]2)CC1. The van der Waals surface area contributed by atoms with Gasteiger partial charge in [0.2, 0.25) is 0 Å². The lowest BCUT2D eigenvalue weighted by Gasteiger charge is -2.28. The number of anilines is 1. The van der Waals surface area contributed by atoms with Gasteiger partial charge in [0.25, 0.3) is 0 Å². The van der Waals surface area contributed by atoms with E-state index in [1.54, 1.807) is 24.4 Å². The van der Waals surface area contributed by atoms with E-state index in [0.717, 1.165) is 53.8 Å². The first-order valence-corrected chi connectivity index (χ1v) is 12.1. The number of carboxylic acids is 1. The van der Waals surface area contributed by atoms with Crippen LogP contribution in [0.5, 0.6) is 5.75 Å². The molecule has 1 aliphatic rings. The summed E-state index contributed by atoms with van der Waals surface area (Å²) in [5.41, 5.74) is 5.08. The molecule has 7 nitrogen and oxygen atoms in total. The van der Waals surface area contributed by atoms with Crippen LogP contribution in [0.2, 0.25) is 0 Å². The molecule has 3 N–H and O–H groups in total. The largest absolute Gasteiger partial charge is 0.482 e. The summed E-state index contributed by atoms with van der Waals surface area (Å²) >= 11 is 0. The van der Waals surface area contributed by atoms with Gasteiger partial charge in [0, 0.05) is 41.0 Å². The average molecular weight is 489 g/mol. The highest BCUT2D eigenvalue weighted by Gasteiger charge is 2.21. The van der Waals surface area contributed by atoms with E-state index in [1.807, 2.05) is 24.3 Å². The number of carbonyl (C=O) groups is 1. The number of hydrogen-bond acceptors (Lipinski definition) is 5. The van der Waals surface area contributed by atoms with Crippen molar-refractivity contribution in [1.82, 2.24) is 14.9 Å². The number of carboxylic acid groups (broad SMARTS) is 1. The quantitative estimate of drug-likeness (QED) is 0.314. The molecule has 0 spiro atoms. The molecule has 186 valence electrons. The molecule has 0 amide bonds. The predicted molar refractivity (Wildman–Crippen MR) is 138 cm³/mol. The summed E-state index contributed by atoms with van der Waals surface area (Å²) in [6, 6.07) is 16.2. The minimum absolute atomic E-state index is 0.282. The molecule has 0 bridgehead atoms. The Morgan fingerprint density at radius 3 is 2.67 bits per heavy atom. The summed E-state index contributed by atoms with van der Waals surface area (Å²) in [5, 5.41) is 13.0. The fourth-order valence-electron chi connectivity index (χ4n) is 4.72. The van der Waals surface area contributed by atoms with Crippen molar-refractivity contribution >= 4 is 22.7 Å². The van der Waals surface area contributed by atoms with Crippen molar-refractivity contribution < 1.29 is 19.0 Å². The van der Waals surface area contributed by atoms with Gasteiger partial charge in [0.15, 0.2) is 6.61 Å². The van der Waals surface area contributed by atoms with Crippen LogP contribution in [0, 0.1) is 5.82 Å². The number of nitrogens with zero attached hydrogens (tertiary/aromatic N) is 2. The molecule has 8 heteroatoms. The summed E-state index contributed by atoms with van der Waals surface area (Å²) in [4.78, 5) is 21.0. The number of aromatic amines is 1. The molecule has 36 heavy (non-hydrogen) atoms. The van der Waals surface area contributed by atoms with E-state index >= 15 is 4.39 Å². The van der Waals surface area contributed by atoms with E-state index in [-0.39, 0.29) is 12.4 Å². The van der Waals surface area contributed by atoms with Gasteiger partial charge < -0.3 is 25.0 Å². The van der Waals surface area contributed by atoms with E-state index in [2.05, 4.69) is 33.3 Å². The first-order chi connectivity index (χ1) is 17.5. The maximum atomic E-state index is 15.0. The molecular formula is C28H29FN4O3. The van der Waals surface area contributed by atoms with E-state index in [9.17, 15) is 4.79 Å². The van der Waals surface area contributed by atoms with Gasteiger partial charge in [0.1, 0.15) is 17.2 Å². The van der Waals surface area contributed by atoms with Crippen molar-refractivity contribution in [3.8, 4) is 16.9 Å². The number of likely N-dealkylation sites (tertiary alicyclic amines) is 1. The molecule has 1 aliphatic heterocycles. The van der Waals surface area contributed by atoms with Crippen LogP contribution < -0.4 is 10.1 Å². The Hall–Kier alpha value is -3.91. The zero-order valence-corrected chi connectivity index (χ0v) is 20.1. The molecule has 1 saturated heterocycles. The van der Waals surface area contributed by atoms with E-state index < -0.39 is 5.97 Å². The number of fused-ring (bicyclic) bond motifs is 1. The summed E-state index contributed by atoms with van der Waals surface area (Å²) in [7, 11) is 2.15. The lowest BCUT2D eigenvalue weighted by atomic mass is 9.93. The third-order valence-corrected chi connectivity index (χ3v) is 6.75. The number of piperidine rings is 1. The molecule has 0 atom stereocenters. The predicted octanol–water partition coefficient (Wildman–Crippen LogP) is 5.25. The number of pyridine rings is 1. The van der Waals surface area contributed by atoms with Crippen molar-refractivity contribution in [1.29, 1.82) is 0 Å². The zero-order chi connectivity index (χ0) is 25.1. The highest BCUT2D eigenvalue weighted by molar-refractivity contribution is 5.94. The summed E-state index contributed by atoms with van der Waals surface area (Å²) in [6.45, 7) is 2.29. The van der Waals surface area contributed by atoms with Gasteiger partial charge in [-0.2, -0.15) is 0 Å². The Labute approximate surface area is 208 Å². The average Bonchev–Trinajstić information content (AvgIpc) is 3.33. The molecule has 2 aromatic heterocycles.